The zero-order valence-corrected chi connectivity index (χ0v) is 15.5. The fourth-order valence-corrected chi connectivity index (χ4v) is 3.62. The molecule has 2 fully saturated rings. The number of amides is 2. The zero-order valence-electron chi connectivity index (χ0n) is 15.5. The lowest BCUT2D eigenvalue weighted by molar-refractivity contribution is 0.114. The Balaban J connectivity index is 1.42. The minimum absolute atomic E-state index is 0.0580. The lowest BCUT2D eigenvalue weighted by atomic mass is 10.1. The van der Waals surface area contributed by atoms with Crippen molar-refractivity contribution in [3.63, 3.8) is 0 Å². The van der Waals surface area contributed by atoms with Gasteiger partial charge in [-0.15, -0.1) is 0 Å². The standard InChI is InChI=1S/C20H31N3O2/c1-3-16-8-13-23(15-16)20(24)21-14-17-4-6-18(7-5-17)25-19-9-11-22(2)12-10-19/h4-7,16,19H,3,8-15H2,1-2H3,(H,21,24). The van der Waals surface area contributed by atoms with Crippen molar-refractivity contribution in [1.29, 1.82) is 0 Å². The molecule has 1 aromatic rings. The van der Waals surface area contributed by atoms with Crippen LogP contribution in [0.3, 0.4) is 0 Å². The van der Waals surface area contributed by atoms with Gasteiger partial charge in [-0.1, -0.05) is 25.5 Å². The van der Waals surface area contributed by atoms with Crippen molar-refractivity contribution in [3.05, 3.63) is 29.8 Å². The quantitative estimate of drug-likeness (QED) is 0.892. The average molecular weight is 345 g/mol. The van der Waals surface area contributed by atoms with Gasteiger partial charge in [0.05, 0.1) is 0 Å². The number of rotatable bonds is 5. The van der Waals surface area contributed by atoms with Crippen LogP contribution < -0.4 is 10.1 Å². The van der Waals surface area contributed by atoms with Crippen molar-refractivity contribution in [3.8, 4) is 5.75 Å². The molecule has 0 saturated carbocycles. The highest BCUT2D eigenvalue weighted by atomic mass is 16.5. The number of hydrogen-bond donors (Lipinski definition) is 1. The smallest absolute Gasteiger partial charge is 0.317 e. The second-order valence-corrected chi connectivity index (χ2v) is 7.43. The van der Waals surface area contributed by atoms with Crippen LogP contribution in [0.2, 0.25) is 0 Å². The van der Waals surface area contributed by atoms with E-state index in [9.17, 15) is 4.79 Å². The Hall–Kier alpha value is -1.75. The third-order valence-corrected chi connectivity index (χ3v) is 5.49. The van der Waals surface area contributed by atoms with Crippen LogP contribution >= 0.6 is 0 Å². The molecule has 5 nitrogen and oxygen atoms in total. The maximum atomic E-state index is 12.2. The molecule has 2 aliphatic heterocycles. The number of carbonyl (C=O) groups is 1. The maximum Gasteiger partial charge on any atom is 0.317 e. The molecule has 1 atom stereocenters. The second kappa shape index (κ2) is 8.56. The first kappa shape index (κ1) is 18.1. The van der Waals surface area contributed by atoms with Crippen LogP contribution in [0.15, 0.2) is 24.3 Å². The van der Waals surface area contributed by atoms with Crippen LogP contribution in [-0.2, 0) is 6.54 Å². The molecule has 2 amide bonds. The molecule has 138 valence electrons. The maximum absolute atomic E-state index is 12.2. The zero-order chi connectivity index (χ0) is 17.6. The fraction of sp³-hybridized carbons (Fsp3) is 0.650. The Bertz CT molecular complexity index is 553. The summed E-state index contributed by atoms with van der Waals surface area (Å²) in [7, 11) is 2.16. The van der Waals surface area contributed by atoms with E-state index in [-0.39, 0.29) is 6.03 Å². The molecular formula is C20H31N3O2. The van der Waals surface area contributed by atoms with Crippen LogP contribution in [0.4, 0.5) is 4.79 Å². The SMILES string of the molecule is CCC1CCN(C(=O)NCc2ccc(OC3CCN(C)CC3)cc2)C1. The summed E-state index contributed by atoms with van der Waals surface area (Å²) in [5.41, 5.74) is 1.11. The number of likely N-dealkylation sites (tertiary alicyclic amines) is 2. The fourth-order valence-electron chi connectivity index (χ4n) is 3.62. The van der Waals surface area contributed by atoms with Crippen molar-refractivity contribution < 1.29 is 9.53 Å². The molecule has 1 unspecified atom stereocenters. The molecule has 2 aliphatic rings. The molecule has 2 heterocycles. The number of carbonyl (C=O) groups excluding carboxylic acids is 1. The van der Waals surface area contributed by atoms with Gasteiger partial charge in [0.1, 0.15) is 11.9 Å². The lowest BCUT2D eigenvalue weighted by Crippen LogP contribution is -2.38. The minimum Gasteiger partial charge on any atom is -0.490 e. The average Bonchev–Trinajstić information content (AvgIpc) is 3.12. The molecule has 0 aliphatic carbocycles. The van der Waals surface area contributed by atoms with E-state index in [1.54, 1.807) is 0 Å². The highest BCUT2D eigenvalue weighted by Crippen LogP contribution is 2.20. The topological polar surface area (TPSA) is 44.8 Å². The molecular weight excluding hydrogens is 314 g/mol. The Labute approximate surface area is 151 Å². The molecule has 25 heavy (non-hydrogen) atoms. The lowest BCUT2D eigenvalue weighted by Gasteiger charge is -2.29. The van der Waals surface area contributed by atoms with E-state index in [4.69, 9.17) is 4.74 Å². The summed E-state index contributed by atoms with van der Waals surface area (Å²) < 4.78 is 6.07. The summed E-state index contributed by atoms with van der Waals surface area (Å²) in [6.07, 6.45) is 4.78. The first-order chi connectivity index (χ1) is 12.1. The van der Waals surface area contributed by atoms with Crippen LogP contribution in [0.5, 0.6) is 5.75 Å². The van der Waals surface area contributed by atoms with Gasteiger partial charge in [0.15, 0.2) is 0 Å². The molecule has 0 spiro atoms. The van der Waals surface area contributed by atoms with Gasteiger partial charge in [0.2, 0.25) is 0 Å². The van der Waals surface area contributed by atoms with Crippen molar-refractivity contribution in [1.82, 2.24) is 15.1 Å². The van der Waals surface area contributed by atoms with Gasteiger partial charge in [0, 0.05) is 32.7 Å². The van der Waals surface area contributed by atoms with E-state index in [0.29, 0.717) is 18.6 Å². The number of benzene rings is 1. The van der Waals surface area contributed by atoms with Crippen molar-refractivity contribution in [2.24, 2.45) is 5.92 Å². The molecule has 2 saturated heterocycles. The van der Waals surface area contributed by atoms with Crippen LogP contribution in [0.25, 0.3) is 0 Å². The third kappa shape index (κ3) is 5.11. The molecule has 1 N–H and O–H groups in total. The highest BCUT2D eigenvalue weighted by molar-refractivity contribution is 5.74. The number of ether oxygens (including phenoxy) is 1. The first-order valence-electron chi connectivity index (χ1n) is 9.61. The number of urea groups is 1. The predicted molar refractivity (Wildman–Crippen MR) is 99.8 cm³/mol. The molecule has 0 aromatic heterocycles. The van der Waals surface area contributed by atoms with Gasteiger partial charge in [0.25, 0.3) is 0 Å². The molecule has 5 heteroatoms. The summed E-state index contributed by atoms with van der Waals surface area (Å²) in [6, 6.07) is 8.18. The summed E-state index contributed by atoms with van der Waals surface area (Å²) in [5, 5.41) is 3.03. The van der Waals surface area contributed by atoms with Crippen LogP contribution in [-0.4, -0.2) is 55.2 Å². The van der Waals surface area contributed by atoms with Crippen molar-refractivity contribution in [2.75, 3.05) is 33.2 Å². The first-order valence-corrected chi connectivity index (χ1v) is 9.61. The molecule has 0 radical (unpaired) electrons. The van der Waals surface area contributed by atoms with Crippen molar-refractivity contribution >= 4 is 6.03 Å². The molecule has 1 aromatic carbocycles. The summed E-state index contributed by atoms with van der Waals surface area (Å²) >= 11 is 0. The number of piperidine rings is 1. The Morgan fingerprint density at radius 2 is 1.88 bits per heavy atom. The van der Waals surface area contributed by atoms with Crippen LogP contribution in [0.1, 0.15) is 38.2 Å². The number of nitrogens with one attached hydrogen (secondary N) is 1. The van der Waals surface area contributed by atoms with Gasteiger partial charge < -0.3 is 19.9 Å². The minimum atomic E-state index is 0.0580. The monoisotopic (exact) mass is 345 g/mol. The number of nitrogens with zero attached hydrogens (tertiary/aromatic N) is 2. The number of hydrogen-bond acceptors (Lipinski definition) is 3. The van der Waals surface area contributed by atoms with Gasteiger partial charge in [-0.3, -0.25) is 0 Å². The van der Waals surface area contributed by atoms with Gasteiger partial charge in [-0.2, -0.15) is 0 Å². The van der Waals surface area contributed by atoms with Gasteiger partial charge in [-0.05, 0) is 49.9 Å². The van der Waals surface area contributed by atoms with E-state index < -0.39 is 0 Å². The summed E-state index contributed by atoms with van der Waals surface area (Å²) in [5.74, 6) is 1.59. The summed E-state index contributed by atoms with van der Waals surface area (Å²) in [6.45, 7) is 6.75. The molecule has 0 bridgehead atoms. The van der Waals surface area contributed by atoms with Crippen molar-refractivity contribution in [2.45, 2.75) is 45.3 Å². The van der Waals surface area contributed by atoms with E-state index in [2.05, 4.69) is 24.2 Å². The summed E-state index contributed by atoms with van der Waals surface area (Å²) in [4.78, 5) is 16.5. The van der Waals surface area contributed by atoms with Crippen LogP contribution in [0, 0.1) is 5.92 Å². The van der Waals surface area contributed by atoms with E-state index in [1.807, 2.05) is 29.2 Å². The second-order valence-electron chi connectivity index (χ2n) is 7.43. The third-order valence-electron chi connectivity index (χ3n) is 5.49. The normalized spacial score (nSPS) is 22.2. The Morgan fingerprint density at radius 1 is 1.16 bits per heavy atom. The Kier molecular flexibility index (Phi) is 6.19. The van der Waals surface area contributed by atoms with Gasteiger partial charge >= 0.3 is 6.03 Å². The van der Waals surface area contributed by atoms with E-state index in [1.165, 1.54) is 0 Å². The predicted octanol–water partition coefficient (Wildman–Crippen LogP) is 3.10. The van der Waals surface area contributed by atoms with E-state index in [0.717, 1.165) is 63.2 Å². The van der Waals surface area contributed by atoms with Gasteiger partial charge in [-0.25, -0.2) is 4.79 Å². The molecule has 3 rings (SSSR count). The largest absolute Gasteiger partial charge is 0.490 e. The van der Waals surface area contributed by atoms with E-state index >= 15 is 0 Å². The highest BCUT2D eigenvalue weighted by Gasteiger charge is 2.24. The Morgan fingerprint density at radius 3 is 2.52 bits per heavy atom.